The number of ether oxygens (including phenoxy) is 1. The van der Waals surface area contributed by atoms with Gasteiger partial charge in [0.15, 0.2) is 0 Å². The van der Waals surface area contributed by atoms with Gasteiger partial charge in [0.25, 0.3) is 0 Å². The summed E-state index contributed by atoms with van der Waals surface area (Å²) in [6.07, 6.45) is 2.91. The van der Waals surface area contributed by atoms with Gasteiger partial charge in [-0.25, -0.2) is 9.97 Å². The van der Waals surface area contributed by atoms with Crippen LogP contribution in [0.15, 0.2) is 55.0 Å². The number of nitrogens with zero attached hydrogens (tertiary/aromatic N) is 4. The summed E-state index contributed by atoms with van der Waals surface area (Å²) < 4.78 is 7.64. The fraction of sp³-hybridized carbons (Fsp3) is 0.261. The van der Waals surface area contributed by atoms with Gasteiger partial charge in [-0.1, -0.05) is 30.3 Å². The highest BCUT2D eigenvalue weighted by Crippen LogP contribution is 2.37. The van der Waals surface area contributed by atoms with Crippen molar-refractivity contribution in [3.63, 3.8) is 0 Å². The highest BCUT2D eigenvalue weighted by molar-refractivity contribution is 5.96. The van der Waals surface area contributed by atoms with Gasteiger partial charge in [0.2, 0.25) is 0 Å². The van der Waals surface area contributed by atoms with Crippen LogP contribution in [-0.4, -0.2) is 31.5 Å². The number of fused-ring (bicyclic) bond motifs is 1. The summed E-state index contributed by atoms with van der Waals surface area (Å²) in [6, 6.07) is 13.9. The maximum atomic E-state index is 10.3. The maximum absolute atomic E-state index is 10.3. The van der Waals surface area contributed by atoms with Crippen molar-refractivity contribution in [2.24, 2.45) is 0 Å². The van der Waals surface area contributed by atoms with E-state index in [0.717, 1.165) is 45.5 Å². The lowest BCUT2D eigenvalue weighted by molar-refractivity contribution is 0.192. The third-order valence-corrected chi connectivity index (χ3v) is 4.90. The fourth-order valence-electron chi connectivity index (χ4n) is 3.49. The zero-order chi connectivity index (χ0) is 20.4. The molecule has 0 fully saturated rings. The molecule has 6 nitrogen and oxygen atoms in total. The van der Waals surface area contributed by atoms with E-state index in [1.165, 1.54) is 0 Å². The number of rotatable bonds is 6. The summed E-state index contributed by atoms with van der Waals surface area (Å²) >= 11 is 0. The zero-order valence-electron chi connectivity index (χ0n) is 16.8. The zero-order valence-corrected chi connectivity index (χ0v) is 16.8. The van der Waals surface area contributed by atoms with Crippen LogP contribution in [0.25, 0.3) is 33.4 Å². The predicted octanol–water partition coefficient (Wildman–Crippen LogP) is 4.63. The van der Waals surface area contributed by atoms with Crippen molar-refractivity contribution in [2.75, 3.05) is 6.61 Å². The molecule has 2 aromatic carbocycles. The molecular formula is C23H24N4O2. The van der Waals surface area contributed by atoms with E-state index in [1.807, 2.05) is 60.3 Å². The van der Waals surface area contributed by atoms with E-state index in [-0.39, 0.29) is 0 Å². The molecule has 2 heterocycles. The molecule has 1 N–H and O–H groups in total. The van der Waals surface area contributed by atoms with E-state index in [1.54, 1.807) is 13.3 Å². The van der Waals surface area contributed by atoms with Crippen molar-refractivity contribution in [2.45, 2.75) is 33.4 Å². The monoisotopic (exact) mass is 388 g/mol. The molecule has 0 saturated carbocycles. The number of hydrogen-bond acceptors (Lipinski definition) is 5. The molecule has 0 spiro atoms. The average molecular weight is 388 g/mol. The van der Waals surface area contributed by atoms with Crippen LogP contribution in [0.1, 0.15) is 32.4 Å². The number of aryl methyl sites for hydroxylation is 1. The van der Waals surface area contributed by atoms with Crippen LogP contribution < -0.4 is 4.74 Å². The molecule has 4 aromatic rings. The average Bonchev–Trinajstić information content (AvgIpc) is 3.18. The molecule has 0 radical (unpaired) electrons. The van der Waals surface area contributed by atoms with Crippen molar-refractivity contribution < 1.29 is 9.84 Å². The Morgan fingerprint density at radius 3 is 2.55 bits per heavy atom. The standard InChI is InChI=1S/C23H24N4O2/c1-4-27-13-19(22(26-27)16-9-7-6-8-10-16)23-18-11-17(15(3)28)21(29-5-2)12-20(18)24-14-25-23/h6-15,28H,4-5H2,1-3H3/t15-/m0/s1. The predicted molar refractivity (Wildman–Crippen MR) is 114 cm³/mol. The summed E-state index contributed by atoms with van der Waals surface area (Å²) in [7, 11) is 0. The lowest BCUT2D eigenvalue weighted by Gasteiger charge is -2.15. The molecule has 0 aliphatic heterocycles. The van der Waals surface area contributed by atoms with E-state index in [2.05, 4.69) is 16.9 Å². The number of aliphatic hydroxyl groups excluding tert-OH is 1. The van der Waals surface area contributed by atoms with Crippen molar-refractivity contribution >= 4 is 10.9 Å². The van der Waals surface area contributed by atoms with Gasteiger partial charge >= 0.3 is 0 Å². The maximum Gasteiger partial charge on any atom is 0.127 e. The highest BCUT2D eigenvalue weighted by Gasteiger charge is 2.19. The van der Waals surface area contributed by atoms with Crippen LogP contribution in [0.3, 0.4) is 0 Å². The molecule has 0 aliphatic carbocycles. The Labute approximate surface area is 169 Å². The molecule has 6 heteroatoms. The topological polar surface area (TPSA) is 73.1 Å². The highest BCUT2D eigenvalue weighted by atomic mass is 16.5. The second-order valence-electron chi connectivity index (χ2n) is 6.85. The summed E-state index contributed by atoms with van der Waals surface area (Å²) in [5.74, 6) is 0.646. The molecule has 2 aromatic heterocycles. The van der Waals surface area contributed by atoms with Gasteiger partial charge in [0.05, 0.1) is 23.9 Å². The van der Waals surface area contributed by atoms with E-state index in [9.17, 15) is 5.11 Å². The van der Waals surface area contributed by atoms with Crippen molar-refractivity contribution in [3.8, 4) is 28.3 Å². The molecule has 0 saturated heterocycles. The van der Waals surface area contributed by atoms with Gasteiger partial charge in [0, 0.05) is 40.9 Å². The molecule has 0 aliphatic rings. The Morgan fingerprint density at radius 2 is 1.86 bits per heavy atom. The molecule has 1 atom stereocenters. The summed E-state index contributed by atoms with van der Waals surface area (Å²) in [4.78, 5) is 9.04. The van der Waals surface area contributed by atoms with Crippen molar-refractivity contribution in [3.05, 3.63) is 60.6 Å². The smallest absolute Gasteiger partial charge is 0.127 e. The van der Waals surface area contributed by atoms with Crippen LogP contribution in [0.4, 0.5) is 0 Å². The van der Waals surface area contributed by atoms with Gasteiger partial charge in [-0.2, -0.15) is 5.10 Å². The van der Waals surface area contributed by atoms with Gasteiger partial charge in [0.1, 0.15) is 17.8 Å². The van der Waals surface area contributed by atoms with Crippen LogP contribution >= 0.6 is 0 Å². The molecule has 4 rings (SSSR count). The molecule has 0 unspecified atom stereocenters. The quantitative estimate of drug-likeness (QED) is 0.521. The van der Waals surface area contributed by atoms with Crippen LogP contribution in [0, 0.1) is 0 Å². The summed E-state index contributed by atoms with van der Waals surface area (Å²) in [6.45, 7) is 6.99. The van der Waals surface area contributed by atoms with Crippen molar-refractivity contribution in [1.82, 2.24) is 19.7 Å². The Hall–Kier alpha value is -3.25. The first-order valence-corrected chi connectivity index (χ1v) is 9.85. The Morgan fingerprint density at radius 1 is 1.07 bits per heavy atom. The number of benzene rings is 2. The third kappa shape index (κ3) is 3.59. The van der Waals surface area contributed by atoms with E-state index < -0.39 is 6.10 Å². The first kappa shape index (κ1) is 19.1. The normalized spacial score (nSPS) is 12.3. The van der Waals surface area contributed by atoms with Gasteiger partial charge in [-0.05, 0) is 26.8 Å². The SMILES string of the molecule is CCOc1cc2ncnc(-c3cn(CC)nc3-c3ccccc3)c2cc1[C@H](C)O. The summed E-state index contributed by atoms with van der Waals surface area (Å²) in [5.41, 5.74) is 5.12. The molecular weight excluding hydrogens is 364 g/mol. The minimum absolute atomic E-state index is 0.518. The van der Waals surface area contributed by atoms with E-state index >= 15 is 0 Å². The minimum atomic E-state index is -0.666. The van der Waals surface area contributed by atoms with Crippen LogP contribution in [0.5, 0.6) is 5.75 Å². The number of hydrogen-bond donors (Lipinski definition) is 1. The fourth-order valence-corrected chi connectivity index (χ4v) is 3.49. The van der Waals surface area contributed by atoms with Gasteiger partial charge < -0.3 is 9.84 Å². The summed E-state index contributed by atoms with van der Waals surface area (Å²) in [5, 5.41) is 15.9. The molecule has 0 bridgehead atoms. The molecule has 148 valence electrons. The molecule has 29 heavy (non-hydrogen) atoms. The Balaban J connectivity index is 1.97. The lowest BCUT2D eigenvalue weighted by atomic mass is 10.00. The first-order chi connectivity index (χ1) is 14.1. The second kappa shape index (κ2) is 8.01. The Kier molecular flexibility index (Phi) is 5.27. The van der Waals surface area contributed by atoms with E-state index in [0.29, 0.717) is 12.4 Å². The Bertz CT molecular complexity index is 1140. The number of aromatic nitrogens is 4. The largest absolute Gasteiger partial charge is 0.493 e. The minimum Gasteiger partial charge on any atom is -0.493 e. The lowest BCUT2D eigenvalue weighted by Crippen LogP contribution is -2.01. The second-order valence-corrected chi connectivity index (χ2v) is 6.85. The van der Waals surface area contributed by atoms with E-state index in [4.69, 9.17) is 9.84 Å². The van der Waals surface area contributed by atoms with Crippen LogP contribution in [-0.2, 0) is 6.54 Å². The number of aliphatic hydroxyl groups is 1. The van der Waals surface area contributed by atoms with Crippen molar-refractivity contribution in [1.29, 1.82) is 0 Å². The van der Waals surface area contributed by atoms with Crippen LogP contribution in [0.2, 0.25) is 0 Å². The molecule has 0 amide bonds. The third-order valence-electron chi connectivity index (χ3n) is 4.90. The first-order valence-electron chi connectivity index (χ1n) is 9.85. The van der Waals surface area contributed by atoms with Gasteiger partial charge in [-0.15, -0.1) is 0 Å². The van der Waals surface area contributed by atoms with Gasteiger partial charge in [-0.3, -0.25) is 4.68 Å².